The molecule has 2 rings (SSSR count). The van der Waals surface area contributed by atoms with Crippen LogP contribution in [-0.4, -0.2) is 23.8 Å². The highest BCUT2D eigenvalue weighted by atomic mass is 16.3. The van der Waals surface area contributed by atoms with Crippen LogP contribution in [0.1, 0.15) is 44.6 Å². The van der Waals surface area contributed by atoms with E-state index in [4.69, 9.17) is 0 Å². The summed E-state index contributed by atoms with van der Waals surface area (Å²) in [5, 5.41) is 10.7. The molecule has 1 fully saturated rings. The van der Waals surface area contributed by atoms with Gasteiger partial charge < -0.3 is 10.0 Å². The molecule has 1 N–H and O–H groups in total. The lowest BCUT2D eigenvalue weighted by Gasteiger charge is -2.37. The van der Waals surface area contributed by atoms with E-state index >= 15 is 0 Å². The van der Waals surface area contributed by atoms with Crippen LogP contribution in [0.2, 0.25) is 0 Å². The van der Waals surface area contributed by atoms with Crippen LogP contribution in [0.5, 0.6) is 0 Å². The smallest absolute Gasteiger partial charge is 0.0821 e. The predicted octanol–water partition coefficient (Wildman–Crippen LogP) is 3.52. The second-order valence-corrected chi connectivity index (χ2v) is 5.64. The third kappa shape index (κ3) is 3.26. The summed E-state index contributed by atoms with van der Waals surface area (Å²) in [6.45, 7) is 6.00. The molecule has 18 heavy (non-hydrogen) atoms. The summed E-state index contributed by atoms with van der Waals surface area (Å²) >= 11 is 0. The number of rotatable bonds is 4. The number of nitrogens with zero attached hydrogens (tertiary/aromatic N) is 1. The summed E-state index contributed by atoms with van der Waals surface area (Å²) in [5.41, 5.74) is 2.04. The van der Waals surface area contributed by atoms with Crippen LogP contribution in [0.15, 0.2) is 24.3 Å². The predicted molar refractivity (Wildman–Crippen MR) is 77.1 cm³/mol. The lowest BCUT2D eigenvalue weighted by molar-refractivity contribution is 0.0112. The highest BCUT2D eigenvalue weighted by Crippen LogP contribution is 2.30. The fraction of sp³-hybridized carbons (Fsp3) is 0.625. The second kappa shape index (κ2) is 5.75. The molecule has 1 saturated carbocycles. The Balaban J connectivity index is 2.09. The zero-order valence-electron chi connectivity index (χ0n) is 11.7. The van der Waals surface area contributed by atoms with E-state index in [9.17, 15) is 5.11 Å². The van der Waals surface area contributed by atoms with Crippen molar-refractivity contribution in [3.05, 3.63) is 29.8 Å². The maximum absolute atomic E-state index is 10.7. The monoisotopic (exact) mass is 247 g/mol. The van der Waals surface area contributed by atoms with Gasteiger partial charge in [-0.25, -0.2) is 0 Å². The zero-order valence-corrected chi connectivity index (χ0v) is 11.7. The first-order valence-electron chi connectivity index (χ1n) is 7.17. The summed E-state index contributed by atoms with van der Waals surface area (Å²) in [5.74, 6) is 0. The SMILES string of the molecule is CCN(CC1(O)CCCCC1)c1cccc(C)c1. The Labute approximate surface area is 111 Å². The first-order valence-corrected chi connectivity index (χ1v) is 7.17. The molecule has 0 radical (unpaired) electrons. The molecule has 0 bridgehead atoms. The lowest BCUT2D eigenvalue weighted by atomic mass is 9.84. The van der Waals surface area contributed by atoms with E-state index < -0.39 is 5.60 Å². The second-order valence-electron chi connectivity index (χ2n) is 5.64. The molecule has 1 aliphatic carbocycles. The van der Waals surface area contributed by atoms with Crippen molar-refractivity contribution in [2.75, 3.05) is 18.0 Å². The average molecular weight is 247 g/mol. The van der Waals surface area contributed by atoms with E-state index in [1.54, 1.807) is 0 Å². The number of aryl methyl sites for hydroxylation is 1. The van der Waals surface area contributed by atoms with E-state index in [1.165, 1.54) is 30.5 Å². The van der Waals surface area contributed by atoms with Crippen molar-refractivity contribution in [2.45, 2.75) is 51.6 Å². The van der Waals surface area contributed by atoms with Crippen molar-refractivity contribution in [1.82, 2.24) is 0 Å². The standard InChI is InChI=1S/C16H25NO/c1-3-17(15-9-7-8-14(2)12-15)13-16(18)10-5-4-6-11-16/h7-9,12,18H,3-6,10-11,13H2,1-2H3. The lowest BCUT2D eigenvalue weighted by Crippen LogP contribution is -2.44. The van der Waals surface area contributed by atoms with Crippen molar-refractivity contribution >= 4 is 5.69 Å². The molecule has 0 unspecified atom stereocenters. The maximum Gasteiger partial charge on any atom is 0.0821 e. The van der Waals surface area contributed by atoms with Gasteiger partial charge in [-0.15, -0.1) is 0 Å². The minimum Gasteiger partial charge on any atom is -0.388 e. The Kier molecular flexibility index (Phi) is 4.28. The molecule has 2 heteroatoms. The molecule has 1 aromatic rings. The van der Waals surface area contributed by atoms with Gasteiger partial charge in [-0.1, -0.05) is 31.4 Å². The van der Waals surface area contributed by atoms with E-state index in [0.29, 0.717) is 0 Å². The van der Waals surface area contributed by atoms with Gasteiger partial charge in [0.2, 0.25) is 0 Å². The first-order chi connectivity index (χ1) is 8.63. The summed E-state index contributed by atoms with van der Waals surface area (Å²) in [6, 6.07) is 8.56. The topological polar surface area (TPSA) is 23.5 Å². The number of hydrogen-bond donors (Lipinski definition) is 1. The highest BCUT2D eigenvalue weighted by Gasteiger charge is 2.31. The van der Waals surface area contributed by atoms with Gasteiger partial charge in [0.05, 0.1) is 5.60 Å². The molecule has 0 aromatic heterocycles. The maximum atomic E-state index is 10.7. The molecule has 0 heterocycles. The van der Waals surface area contributed by atoms with Crippen molar-refractivity contribution in [3.63, 3.8) is 0 Å². The Morgan fingerprint density at radius 1 is 1.22 bits per heavy atom. The number of benzene rings is 1. The van der Waals surface area contributed by atoms with Gasteiger partial charge >= 0.3 is 0 Å². The van der Waals surface area contributed by atoms with Crippen LogP contribution in [-0.2, 0) is 0 Å². The number of aliphatic hydroxyl groups is 1. The van der Waals surface area contributed by atoms with Gasteiger partial charge in [-0.05, 0) is 44.4 Å². The van der Waals surface area contributed by atoms with Crippen molar-refractivity contribution in [1.29, 1.82) is 0 Å². The number of hydrogen-bond acceptors (Lipinski definition) is 2. The van der Waals surface area contributed by atoms with Crippen LogP contribution < -0.4 is 4.90 Å². The molecule has 0 saturated heterocycles. The minimum absolute atomic E-state index is 0.474. The molecule has 0 amide bonds. The van der Waals surface area contributed by atoms with E-state index in [1.807, 2.05) is 0 Å². The van der Waals surface area contributed by atoms with Gasteiger partial charge in [0.15, 0.2) is 0 Å². The van der Waals surface area contributed by atoms with Crippen LogP contribution >= 0.6 is 0 Å². The molecular weight excluding hydrogens is 222 g/mol. The molecule has 0 atom stereocenters. The molecule has 2 nitrogen and oxygen atoms in total. The summed E-state index contributed by atoms with van der Waals surface area (Å²) < 4.78 is 0. The first kappa shape index (κ1) is 13.4. The van der Waals surface area contributed by atoms with Crippen LogP contribution in [0.25, 0.3) is 0 Å². The number of anilines is 1. The van der Waals surface area contributed by atoms with Crippen LogP contribution in [0, 0.1) is 6.92 Å². The molecule has 0 spiro atoms. The molecule has 0 aliphatic heterocycles. The third-order valence-electron chi connectivity index (χ3n) is 4.02. The van der Waals surface area contributed by atoms with Gasteiger partial charge in [0.1, 0.15) is 0 Å². The summed E-state index contributed by atoms with van der Waals surface area (Å²) in [4.78, 5) is 2.30. The number of likely N-dealkylation sites (N-methyl/N-ethyl adjacent to an activating group) is 1. The zero-order chi connectivity index (χ0) is 13.0. The normalized spacial score (nSPS) is 18.6. The van der Waals surface area contributed by atoms with E-state index in [2.05, 4.69) is 43.0 Å². The van der Waals surface area contributed by atoms with E-state index in [0.717, 1.165) is 25.9 Å². The van der Waals surface area contributed by atoms with E-state index in [-0.39, 0.29) is 0 Å². The van der Waals surface area contributed by atoms with Gasteiger partial charge in [0.25, 0.3) is 0 Å². The fourth-order valence-electron chi connectivity index (χ4n) is 2.93. The van der Waals surface area contributed by atoms with Crippen molar-refractivity contribution in [2.24, 2.45) is 0 Å². The Morgan fingerprint density at radius 2 is 1.94 bits per heavy atom. The minimum atomic E-state index is -0.474. The largest absolute Gasteiger partial charge is 0.388 e. The van der Waals surface area contributed by atoms with Gasteiger partial charge in [-0.2, -0.15) is 0 Å². The fourth-order valence-corrected chi connectivity index (χ4v) is 2.93. The molecule has 100 valence electrons. The Hall–Kier alpha value is -1.02. The summed E-state index contributed by atoms with van der Waals surface area (Å²) in [7, 11) is 0. The highest BCUT2D eigenvalue weighted by molar-refractivity contribution is 5.48. The molecule has 1 aliphatic rings. The molecular formula is C16H25NO. The van der Waals surface area contributed by atoms with Crippen LogP contribution in [0.4, 0.5) is 5.69 Å². The van der Waals surface area contributed by atoms with Crippen LogP contribution in [0.3, 0.4) is 0 Å². The third-order valence-corrected chi connectivity index (χ3v) is 4.02. The van der Waals surface area contributed by atoms with Gasteiger partial charge in [-0.3, -0.25) is 0 Å². The average Bonchev–Trinajstić information content (AvgIpc) is 2.37. The Bertz CT molecular complexity index is 382. The molecule has 1 aromatic carbocycles. The van der Waals surface area contributed by atoms with Gasteiger partial charge in [0, 0.05) is 18.8 Å². The van der Waals surface area contributed by atoms with Crippen molar-refractivity contribution in [3.8, 4) is 0 Å². The quantitative estimate of drug-likeness (QED) is 0.880. The summed E-state index contributed by atoms with van der Waals surface area (Å²) in [6.07, 6.45) is 5.52. The Morgan fingerprint density at radius 3 is 2.56 bits per heavy atom. The van der Waals surface area contributed by atoms with Crippen molar-refractivity contribution < 1.29 is 5.11 Å².